The molecule has 15 heavy (non-hydrogen) atoms. The highest BCUT2D eigenvalue weighted by atomic mass is 16.3. The Morgan fingerprint density at radius 2 is 1.80 bits per heavy atom. The number of hydrogen-bond donors (Lipinski definition) is 3. The van der Waals surface area contributed by atoms with Gasteiger partial charge in [0.15, 0.2) is 0 Å². The summed E-state index contributed by atoms with van der Waals surface area (Å²) in [6, 6.07) is -0.383. The molecule has 0 rings (SSSR count). The van der Waals surface area contributed by atoms with Crippen LogP contribution in [0.4, 0.5) is 0 Å². The van der Waals surface area contributed by atoms with Gasteiger partial charge in [-0.15, -0.1) is 0 Å². The van der Waals surface area contributed by atoms with E-state index >= 15 is 0 Å². The molecule has 0 radical (unpaired) electrons. The first kappa shape index (κ1) is 14.4. The lowest BCUT2D eigenvalue weighted by Crippen LogP contribution is -2.49. The number of nitrogens with one attached hydrogen (secondary N) is 2. The molecule has 0 saturated carbocycles. The Balaban J connectivity index is 4.15. The van der Waals surface area contributed by atoms with E-state index in [1.165, 1.54) is 0 Å². The van der Waals surface area contributed by atoms with E-state index in [1.807, 2.05) is 0 Å². The molecule has 3 N–H and O–H groups in total. The van der Waals surface area contributed by atoms with Gasteiger partial charge in [0.25, 0.3) is 0 Å². The van der Waals surface area contributed by atoms with Crippen LogP contribution in [-0.2, 0) is 4.79 Å². The van der Waals surface area contributed by atoms with E-state index < -0.39 is 6.10 Å². The maximum atomic E-state index is 11.7. The van der Waals surface area contributed by atoms with Crippen LogP contribution in [0, 0.1) is 5.92 Å². The minimum absolute atomic E-state index is 0.0420. The van der Waals surface area contributed by atoms with Crippen LogP contribution in [0.2, 0.25) is 0 Å². The Hall–Kier alpha value is -0.610. The van der Waals surface area contributed by atoms with Crippen LogP contribution >= 0.6 is 0 Å². The van der Waals surface area contributed by atoms with Crippen LogP contribution in [0.25, 0.3) is 0 Å². The van der Waals surface area contributed by atoms with Gasteiger partial charge in [-0.25, -0.2) is 0 Å². The molecule has 3 atom stereocenters. The monoisotopic (exact) mass is 216 g/mol. The van der Waals surface area contributed by atoms with Crippen LogP contribution in [0.15, 0.2) is 0 Å². The van der Waals surface area contributed by atoms with Crippen molar-refractivity contribution in [2.45, 2.75) is 52.3 Å². The molecule has 3 unspecified atom stereocenters. The van der Waals surface area contributed by atoms with Gasteiger partial charge in [-0.1, -0.05) is 13.8 Å². The van der Waals surface area contributed by atoms with Crippen molar-refractivity contribution in [3.8, 4) is 0 Å². The number of amides is 1. The molecule has 0 fully saturated rings. The SMILES string of the molecule is CNC(CC(C)C)C(=O)NC(C)C(C)O. The van der Waals surface area contributed by atoms with Crippen molar-refractivity contribution in [1.82, 2.24) is 10.6 Å². The van der Waals surface area contributed by atoms with Crippen molar-refractivity contribution in [2.24, 2.45) is 5.92 Å². The third kappa shape index (κ3) is 5.74. The first-order valence-corrected chi connectivity index (χ1v) is 5.54. The third-order valence-corrected chi connectivity index (χ3v) is 2.47. The van der Waals surface area contributed by atoms with E-state index in [0.717, 1.165) is 6.42 Å². The van der Waals surface area contributed by atoms with E-state index in [2.05, 4.69) is 24.5 Å². The lowest BCUT2D eigenvalue weighted by Gasteiger charge is -2.22. The number of carbonyl (C=O) groups is 1. The summed E-state index contributed by atoms with van der Waals surface area (Å²) in [4.78, 5) is 11.7. The van der Waals surface area contributed by atoms with E-state index in [4.69, 9.17) is 0 Å². The zero-order chi connectivity index (χ0) is 12.0. The third-order valence-electron chi connectivity index (χ3n) is 2.47. The second-order valence-corrected chi connectivity index (χ2v) is 4.51. The molecule has 0 bridgehead atoms. The standard InChI is InChI=1S/C11H24N2O2/c1-7(2)6-10(12-5)11(15)13-8(3)9(4)14/h7-10,12,14H,6H2,1-5H3,(H,13,15). The highest BCUT2D eigenvalue weighted by Gasteiger charge is 2.20. The summed E-state index contributed by atoms with van der Waals surface area (Å²) in [5.41, 5.74) is 0. The molecule has 0 aliphatic carbocycles. The highest BCUT2D eigenvalue weighted by Crippen LogP contribution is 2.05. The Morgan fingerprint density at radius 3 is 2.13 bits per heavy atom. The average molecular weight is 216 g/mol. The van der Waals surface area contributed by atoms with Crippen LogP contribution in [0.3, 0.4) is 0 Å². The van der Waals surface area contributed by atoms with Gasteiger partial charge in [0, 0.05) is 0 Å². The lowest BCUT2D eigenvalue weighted by molar-refractivity contribution is -0.124. The molecule has 0 saturated heterocycles. The fourth-order valence-corrected chi connectivity index (χ4v) is 1.27. The molecule has 0 heterocycles. The number of rotatable bonds is 6. The van der Waals surface area contributed by atoms with Crippen LogP contribution < -0.4 is 10.6 Å². The van der Waals surface area contributed by atoms with E-state index in [0.29, 0.717) is 5.92 Å². The number of aliphatic hydroxyl groups excluding tert-OH is 1. The topological polar surface area (TPSA) is 61.4 Å². The van der Waals surface area contributed by atoms with Gasteiger partial charge < -0.3 is 15.7 Å². The van der Waals surface area contributed by atoms with Crippen LogP contribution in [-0.4, -0.2) is 36.2 Å². The molecule has 0 aromatic rings. The van der Waals surface area contributed by atoms with Crippen molar-refractivity contribution in [1.29, 1.82) is 0 Å². The molecule has 0 aliphatic heterocycles. The molecule has 90 valence electrons. The Bertz CT molecular complexity index is 193. The van der Waals surface area contributed by atoms with E-state index in [9.17, 15) is 9.90 Å². The molecule has 4 heteroatoms. The van der Waals surface area contributed by atoms with Gasteiger partial charge in [0.1, 0.15) is 0 Å². The Kier molecular flexibility index (Phi) is 6.52. The lowest BCUT2D eigenvalue weighted by atomic mass is 10.0. The first-order valence-electron chi connectivity index (χ1n) is 5.54. The number of hydrogen-bond acceptors (Lipinski definition) is 3. The van der Waals surface area contributed by atoms with E-state index in [1.54, 1.807) is 20.9 Å². The molecule has 0 aliphatic rings. The Morgan fingerprint density at radius 1 is 1.27 bits per heavy atom. The molecular formula is C11H24N2O2. The fraction of sp³-hybridized carbons (Fsp3) is 0.909. The van der Waals surface area contributed by atoms with Gasteiger partial charge in [-0.2, -0.15) is 0 Å². The smallest absolute Gasteiger partial charge is 0.237 e. The quantitative estimate of drug-likeness (QED) is 0.606. The van der Waals surface area contributed by atoms with Gasteiger partial charge >= 0.3 is 0 Å². The second kappa shape index (κ2) is 6.80. The van der Waals surface area contributed by atoms with Crippen LogP contribution in [0.1, 0.15) is 34.1 Å². The predicted octanol–water partition coefficient (Wildman–Crippen LogP) is 0.506. The number of aliphatic hydroxyl groups is 1. The maximum absolute atomic E-state index is 11.7. The zero-order valence-corrected chi connectivity index (χ0v) is 10.4. The van der Waals surface area contributed by atoms with Crippen molar-refractivity contribution in [3.05, 3.63) is 0 Å². The minimum atomic E-state index is -0.523. The molecule has 4 nitrogen and oxygen atoms in total. The molecule has 0 aromatic carbocycles. The summed E-state index contributed by atoms with van der Waals surface area (Å²) in [5, 5.41) is 15.0. The van der Waals surface area contributed by atoms with Crippen molar-refractivity contribution in [2.75, 3.05) is 7.05 Å². The summed E-state index contributed by atoms with van der Waals surface area (Å²) < 4.78 is 0. The Labute approximate surface area is 92.4 Å². The van der Waals surface area contributed by atoms with Crippen molar-refractivity contribution < 1.29 is 9.90 Å². The largest absolute Gasteiger partial charge is 0.391 e. The molecular weight excluding hydrogens is 192 g/mol. The summed E-state index contributed by atoms with van der Waals surface area (Å²) in [6.45, 7) is 7.62. The average Bonchev–Trinajstić information content (AvgIpc) is 2.13. The number of likely N-dealkylation sites (N-methyl/N-ethyl adjacent to an activating group) is 1. The summed E-state index contributed by atoms with van der Waals surface area (Å²) >= 11 is 0. The van der Waals surface area contributed by atoms with E-state index in [-0.39, 0.29) is 18.0 Å². The molecule has 1 amide bonds. The fourth-order valence-electron chi connectivity index (χ4n) is 1.27. The zero-order valence-electron chi connectivity index (χ0n) is 10.4. The second-order valence-electron chi connectivity index (χ2n) is 4.51. The van der Waals surface area contributed by atoms with Gasteiger partial charge in [-0.3, -0.25) is 4.79 Å². The van der Waals surface area contributed by atoms with Crippen molar-refractivity contribution in [3.63, 3.8) is 0 Å². The minimum Gasteiger partial charge on any atom is -0.391 e. The predicted molar refractivity (Wildman–Crippen MR) is 61.6 cm³/mol. The summed E-state index contributed by atoms with van der Waals surface area (Å²) in [5.74, 6) is 0.426. The molecule has 0 spiro atoms. The summed E-state index contributed by atoms with van der Waals surface area (Å²) in [7, 11) is 1.78. The highest BCUT2D eigenvalue weighted by molar-refractivity contribution is 5.82. The summed E-state index contributed by atoms with van der Waals surface area (Å²) in [6.07, 6.45) is 0.278. The molecule has 0 aromatic heterocycles. The van der Waals surface area contributed by atoms with Gasteiger partial charge in [-0.05, 0) is 33.2 Å². The number of carbonyl (C=O) groups excluding carboxylic acids is 1. The maximum Gasteiger partial charge on any atom is 0.237 e. The van der Waals surface area contributed by atoms with Crippen LogP contribution in [0.5, 0.6) is 0 Å². The van der Waals surface area contributed by atoms with Crippen molar-refractivity contribution >= 4 is 5.91 Å². The van der Waals surface area contributed by atoms with Gasteiger partial charge in [0.05, 0.1) is 18.2 Å². The first-order chi connectivity index (χ1) is 6.88. The van der Waals surface area contributed by atoms with Gasteiger partial charge in [0.2, 0.25) is 5.91 Å². The normalized spacial score (nSPS) is 17.3.